The van der Waals surface area contributed by atoms with Crippen molar-refractivity contribution in [2.75, 3.05) is 80.7 Å². The van der Waals surface area contributed by atoms with Crippen molar-refractivity contribution in [2.24, 2.45) is 0 Å². The summed E-state index contributed by atoms with van der Waals surface area (Å²) in [6, 6.07) is 50.9. The molecular formula is C82H86BBr4N23O16+4. The van der Waals surface area contributed by atoms with E-state index in [1.165, 1.54) is 75.2 Å². The lowest BCUT2D eigenvalue weighted by Crippen LogP contribution is -2.34. The van der Waals surface area contributed by atoms with Crippen LogP contribution in [0.25, 0.3) is 66.4 Å². The fraction of sp³-hybridized carbons (Fsp3) is 0.220. The van der Waals surface area contributed by atoms with Gasteiger partial charge < -0.3 is 47.8 Å². The molecule has 15 N–H and O–H groups in total. The van der Waals surface area contributed by atoms with Crippen LogP contribution in [0, 0.1) is 102 Å². The number of nitro benzene ring substituents is 4. The lowest BCUT2D eigenvalue weighted by molar-refractivity contribution is -0.535. The van der Waals surface area contributed by atoms with Gasteiger partial charge in [0.05, 0.1) is 39.3 Å². The Labute approximate surface area is 749 Å². The maximum absolute atomic E-state index is 12.9. The molecule has 6 heterocycles. The number of aryl methyl sites for hydroxylation is 6. The molecule has 0 aliphatic carbocycles. The average molecular weight is 1980 g/mol. The largest absolute Gasteiger partial charge is 0.492 e. The van der Waals surface area contributed by atoms with Crippen LogP contribution < -0.4 is 61.4 Å². The van der Waals surface area contributed by atoms with Gasteiger partial charge in [-0.1, -0.05) is 150 Å². The highest BCUT2D eigenvalue weighted by atomic mass is 79.9. The van der Waals surface area contributed by atoms with E-state index in [0.717, 1.165) is 97.7 Å². The summed E-state index contributed by atoms with van der Waals surface area (Å²) < 4.78 is 16.3. The van der Waals surface area contributed by atoms with Crippen molar-refractivity contribution in [1.29, 1.82) is 0 Å². The summed E-state index contributed by atoms with van der Waals surface area (Å²) in [6.45, 7) is 19.5. The van der Waals surface area contributed by atoms with Gasteiger partial charge in [0.1, 0.15) is 35.9 Å². The summed E-state index contributed by atoms with van der Waals surface area (Å²) in [5, 5.41) is 74.8. The number of hydrogen-bond acceptors (Lipinski definition) is 27. The van der Waals surface area contributed by atoms with Crippen LogP contribution in [0.4, 0.5) is 57.9 Å². The number of nitrogens with two attached hydrogens (primary N) is 4. The number of H-pyrrole nitrogens is 4. The maximum Gasteiger partial charge on any atom is 0.488 e. The molecule has 10 aromatic carbocycles. The topological polar surface area (TPSA) is 561 Å². The third kappa shape index (κ3) is 25.4. The van der Waals surface area contributed by atoms with Crippen LogP contribution in [-0.4, -0.2) is 139 Å². The molecule has 4 aromatic heterocycles. The van der Waals surface area contributed by atoms with E-state index in [4.69, 9.17) is 42.5 Å². The van der Waals surface area contributed by atoms with Crippen LogP contribution in [0.2, 0.25) is 0 Å². The number of aromatic amines is 4. The standard InChI is InChI=1S/C27H29N6O4.C15H14N5O3.C12H16BrNO.C8H11BO2.C7H5BrN5O3.C7H6BrN4O.C6H5BrN2O2/c1-18-6-5-7-19(2)25(18)20-16-23-26(24(17-20)33(35)36)29-27(30-32(23)34)28-21-8-10-22(11-9-21)37-15-14-31-12-3-4-13-31;1-8-4-3-5-9(2)13(8)10-6-11-14(12(7-10)20(22)23)17-15(16)18-19(11)21;13-11-3-5-12(6-4-11)15-10-9-14-7-1-2-8-14;1-6-4-3-5-7(2)8(6)9(10)11;8-3-1-4-6(5(2-3)13(15)16)10-7(9)11-12(4)14;8-4-1-2-5-6(3-4)12(13)11-7(9)10-5;7-4-1-2-5(8)6(3-4)9(10)11/h5-11,16-17H,3-4,12-15H2,1-2H3,(H2,28,29,30,34);3-7H,1-2H3,(H3,16,17,18,21);3-6H,1-2,7-10H2;3-5,10-11H,1-2H3;1-2H,(H3,9,10,11,14);1-3H,(H3,9,10,11,13);1-3H,8H2/q2*+1;;;2*+1;. The number of fused-ring (bicyclic) bond motifs is 4. The van der Waals surface area contributed by atoms with Crippen molar-refractivity contribution in [2.45, 2.75) is 67.2 Å². The van der Waals surface area contributed by atoms with Crippen LogP contribution in [-0.2, 0) is 0 Å². The highest BCUT2D eigenvalue weighted by molar-refractivity contribution is 9.11. The molecule has 0 unspecified atom stereocenters. The van der Waals surface area contributed by atoms with E-state index < -0.39 is 26.8 Å². The normalized spacial score (nSPS) is 12.1. The molecule has 652 valence electrons. The lowest BCUT2D eigenvalue weighted by Gasteiger charge is -2.15. The molecule has 0 atom stereocenters. The Kier molecular flexibility index (Phi) is 32.9. The minimum Gasteiger partial charge on any atom is -0.492 e. The van der Waals surface area contributed by atoms with Gasteiger partial charge in [0.25, 0.3) is 29.5 Å². The molecule has 0 amide bonds. The number of anilines is 6. The van der Waals surface area contributed by atoms with Gasteiger partial charge in [0, 0.05) is 85.2 Å². The molecule has 0 radical (unpaired) electrons. The zero-order valence-electron chi connectivity index (χ0n) is 68.5. The van der Waals surface area contributed by atoms with E-state index in [1.807, 2.05) is 133 Å². The summed E-state index contributed by atoms with van der Waals surface area (Å²) in [6.07, 6.45) is 5.19. The predicted octanol–water partition coefficient (Wildman–Crippen LogP) is 13.5. The smallest absolute Gasteiger partial charge is 0.488 e. The number of non-ortho nitro benzene ring substituents is 3. The first-order chi connectivity index (χ1) is 60.0. The third-order valence-electron chi connectivity index (χ3n) is 19.6. The second kappa shape index (κ2) is 43.7. The lowest BCUT2D eigenvalue weighted by atomic mass is 9.74. The van der Waals surface area contributed by atoms with Crippen molar-refractivity contribution in [3.8, 4) is 33.8 Å². The predicted molar refractivity (Wildman–Crippen MR) is 493 cm³/mol. The summed E-state index contributed by atoms with van der Waals surface area (Å²) in [4.78, 5) is 111. The van der Waals surface area contributed by atoms with Crippen molar-refractivity contribution >= 4 is 178 Å². The van der Waals surface area contributed by atoms with E-state index in [2.05, 4.69) is 119 Å². The summed E-state index contributed by atoms with van der Waals surface area (Å²) in [5.41, 5.74) is 31.8. The molecule has 126 heavy (non-hydrogen) atoms. The monoisotopic (exact) mass is 1980 g/mol. The molecule has 0 spiro atoms. The van der Waals surface area contributed by atoms with E-state index in [1.54, 1.807) is 48.5 Å². The minimum absolute atomic E-state index is 0.00176. The van der Waals surface area contributed by atoms with Crippen LogP contribution in [0.15, 0.2) is 194 Å². The number of aromatic nitrogens is 12. The van der Waals surface area contributed by atoms with E-state index in [9.17, 15) is 60.1 Å². The molecule has 2 aliphatic rings. The van der Waals surface area contributed by atoms with Crippen LogP contribution in [0.1, 0.15) is 59.1 Å². The number of nitrogens with one attached hydrogen (secondary N) is 5. The quantitative estimate of drug-likeness (QED) is 0.0133. The summed E-state index contributed by atoms with van der Waals surface area (Å²) in [5.74, 6) is 1.52. The van der Waals surface area contributed by atoms with Crippen molar-refractivity contribution < 1.29 is 57.4 Å². The molecule has 0 saturated carbocycles. The van der Waals surface area contributed by atoms with E-state index in [0.29, 0.717) is 67.0 Å². The number of likely N-dealkylation sites (tertiary alicyclic amines) is 2. The van der Waals surface area contributed by atoms with Crippen LogP contribution in [0.3, 0.4) is 0 Å². The summed E-state index contributed by atoms with van der Waals surface area (Å²) in [7, 11) is -1.35. The molecule has 39 nitrogen and oxygen atoms in total. The SMILES string of the molecule is Brc1ccc(OCCN2CCCC2)cc1.Cc1cccc(C)c1-c1cc([N+](=O)[O-])c2nc(N)[nH][n+](=O)c2c1.Cc1cccc(C)c1-c1cc([N+](=O)[O-])c2nc(Nc3ccc(OCCN4CCCC4)cc3)[nH][n+](=O)c2c1.Cc1cccc(C)c1B(O)O.Nc1ccc(Br)cc1[N+](=O)[O-].Nc1nc2c([N+](=O)[O-])cc(Br)cc2[n+](=O)[nH]1.Nc1nc2ccc(Br)cc2[n+](=O)[nH]1. The van der Waals surface area contributed by atoms with Crippen molar-refractivity contribution in [1.82, 2.24) is 50.1 Å². The Bertz CT molecular complexity index is 6570. The van der Waals surface area contributed by atoms with Gasteiger partial charge in [-0.15, -0.1) is 0 Å². The minimum atomic E-state index is -1.35. The number of ether oxygens (including phenoxy) is 2. The Morgan fingerprint density at radius 3 is 1.21 bits per heavy atom. The first-order valence-electron chi connectivity index (χ1n) is 38.6. The van der Waals surface area contributed by atoms with Gasteiger partial charge in [-0.3, -0.25) is 50.3 Å². The average Bonchev–Trinajstić information content (AvgIpc) is 1.17. The number of benzene rings is 10. The Morgan fingerprint density at radius 1 is 0.429 bits per heavy atom. The third-order valence-corrected chi connectivity index (χ3v) is 21.5. The van der Waals surface area contributed by atoms with Gasteiger partial charge in [-0.05, 0) is 216 Å². The highest BCUT2D eigenvalue weighted by Crippen LogP contribution is 2.37. The molecule has 14 aromatic rings. The first-order valence-corrected chi connectivity index (χ1v) is 41.7. The number of halogens is 4. The Hall–Kier alpha value is -13.5. The van der Waals surface area contributed by atoms with Gasteiger partial charge in [0.2, 0.25) is 16.6 Å². The molecular weight excluding hydrogens is 1890 g/mol. The van der Waals surface area contributed by atoms with Crippen molar-refractivity contribution in [3.63, 3.8) is 0 Å². The van der Waals surface area contributed by atoms with E-state index in [-0.39, 0.29) is 85.3 Å². The second-order valence-corrected chi connectivity index (χ2v) is 32.2. The molecule has 2 saturated heterocycles. The van der Waals surface area contributed by atoms with E-state index >= 15 is 0 Å². The van der Waals surface area contributed by atoms with Gasteiger partial charge >= 0.3 is 46.2 Å². The molecule has 0 bridgehead atoms. The van der Waals surface area contributed by atoms with Gasteiger partial charge in [-0.25, -0.2) is 4.98 Å². The first kappa shape index (κ1) is 94.7. The highest BCUT2D eigenvalue weighted by Gasteiger charge is 2.29. The second-order valence-electron chi connectivity index (χ2n) is 28.6. The van der Waals surface area contributed by atoms with Crippen LogP contribution in [0.5, 0.6) is 11.5 Å². The number of rotatable bonds is 17. The molecule has 44 heteroatoms. The zero-order chi connectivity index (χ0) is 91.3. The Morgan fingerprint density at radius 2 is 0.786 bits per heavy atom. The summed E-state index contributed by atoms with van der Waals surface area (Å²) >= 11 is 12.8. The number of nitro groups is 4. The fourth-order valence-corrected chi connectivity index (χ4v) is 15.1. The number of hydrogen-bond donors (Lipinski definition) is 11. The van der Waals surface area contributed by atoms with Gasteiger partial charge in [-0.2, -0.15) is 15.0 Å². The fourth-order valence-electron chi connectivity index (χ4n) is 13.7. The Balaban J connectivity index is 0.000000162. The molecule has 2 aliphatic heterocycles. The number of nitrogen functional groups attached to an aromatic ring is 4. The van der Waals surface area contributed by atoms with Gasteiger partial charge in [0.15, 0.2) is 18.2 Å². The molecule has 2 fully saturated rings. The van der Waals surface area contributed by atoms with Crippen molar-refractivity contribution in [3.05, 3.63) is 287 Å². The molecule has 16 rings (SSSR count). The van der Waals surface area contributed by atoms with Crippen LogP contribution >= 0.6 is 63.7 Å². The number of nitrogens with zero attached hydrogens (tertiary/aromatic N) is 14. The maximum atomic E-state index is 12.9. The zero-order valence-corrected chi connectivity index (χ0v) is 74.8.